The Kier molecular flexibility index (Phi) is 6.20. The molecule has 0 bridgehead atoms. The van der Waals surface area contributed by atoms with E-state index in [-0.39, 0.29) is 5.91 Å². The van der Waals surface area contributed by atoms with E-state index in [2.05, 4.69) is 0 Å². The van der Waals surface area contributed by atoms with Crippen LogP contribution in [-0.2, 0) is 11.0 Å². The molecule has 0 N–H and O–H groups in total. The maximum atomic E-state index is 12.9. The lowest BCUT2D eigenvalue weighted by molar-refractivity contribution is -0.137. The summed E-state index contributed by atoms with van der Waals surface area (Å²) >= 11 is 11.9. The molecule has 0 unspecified atom stereocenters. The molecule has 0 radical (unpaired) electrons. The molecule has 0 aromatic heterocycles. The zero-order valence-corrected chi connectivity index (χ0v) is 16.2. The predicted molar refractivity (Wildman–Crippen MR) is 106 cm³/mol. The minimum Gasteiger partial charge on any atom is -0.368 e. The summed E-state index contributed by atoms with van der Waals surface area (Å²) in [5.74, 6) is -0.172. The Balaban J connectivity index is 1.60. The zero-order valence-electron chi connectivity index (χ0n) is 14.7. The first-order chi connectivity index (χ1) is 13.2. The van der Waals surface area contributed by atoms with Gasteiger partial charge in [0.2, 0.25) is 5.91 Å². The highest BCUT2D eigenvalue weighted by Gasteiger charge is 2.31. The topological polar surface area (TPSA) is 23.6 Å². The third kappa shape index (κ3) is 5.00. The first kappa shape index (κ1) is 20.6. The molecule has 1 saturated heterocycles. The van der Waals surface area contributed by atoms with Gasteiger partial charge in [0.15, 0.2) is 0 Å². The number of piperazine rings is 1. The highest BCUT2D eigenvalue weighted by atomic mass is 35.5. The molecule has 1 aliphatic rings. The Morgan fingerprint density at radius 3 is 2.36 bits per heavy atom. The van der Waals surface area contributed by atoms with Gasteiger partial charge >= 0.3 is 6.18 Å². The lowest BCUT2D eigenvalue weighted by atomic mass is 10.1. The van der Waals surface area contributed by atoms with Crippen molar-refractivity contribution in [3.05, 3.63) is 69.7 Å². The average molecular weight is 429 g/mol. The lowest BCUT2D eigenvalue weighted by Gasteiger charge is -2.35. The molecular formula is C20H17Cl2F3N2O. The van der Waals surface area contributed by atoms with Crippen LogP contribution >= 0.6 is 23.2 Å². The number of halogens is 5. The minimum atomic E-state index is -4.37. The number of benzene rings is 2. The zero-order chi connectivity index (χ0) is 20.3. The number of amides is 1. The van der Waals surface area contributed by atoms with Crippen molar-refractivity contribution in [2.75, 3.05) is 31.1 Å². The molecule has 0 saturated carbocycles. The fraction of sp³-hybridized carbons (Fsp3) is 0.250. The van der Waals surface area contributed by atoms with Crippen LogP contribution in [0.5, 0.6) is 0 Å². The molecule has 1 heterocycles. The molecule has 1 aliphatic heterocycles. The second kappa shape index (κ2) is 8.45. The summed E-state index contributed by atoms with van der Waals surface area (Å²) in [5.41, 5.74) is 0.513. The predicted octanol–water partition coefficient (Wildman–Crippen LogP) is 5.37. The van der Waals surface area contributed by atoms with Crippen molar-refractivity contribution in [1.29, 1.82) is 0 Å². The van der Waals surface area contributed by atoms with Crippen molar-refractivity contribution < 1.29 is 18.0 Å². The molecule has 3 rings (SSSR count). The normalized spacial score (nSPS) is 15.3. The Bertz CT molecular complexity index is 891. The summed E-state index contributed by atoms with van der Waals surface area (Å²) in [6, 6.07) is 10.2. The Hall–Kier alpha value is -2.18. The van der Waals surface area contributed by atoms with Crippen LogP contribution in [0.25, 0.3) is 6.08 Å². The highest BCUT2D eigenvalue weighted by molar-refractivity contribution is 6.35. The number of hydrogen-bond acceptors (Lipinski definition) is 2. The largest absolute Gasteiger partial charge is 0.416 e. The van der Waals surface area contributed by atoms with Crippen LogP contribution in [0, 0.1) is 0 Å². The van der Waals surface area contributed by atoms with Crippen LogP contribution in [0.4, 0.5) is 18.9 Å². The smallest absolute Gasteiger partial charge is 0.368 e. The van der Waals surface area contributed by atoms with Crippen LogP contribution in [0.2, 0.25) is 10.0 Å². The standard InChI is InChI=1S/C20H17Cl2F3N2O/c21-16-6-4-14(18(22)13-16)5-7-19(28)27-10-8-26(9-11-27)17-3-1-2-15(12-17)20(23,24)25/h1-7,12-13H,8-11H2/b7-5+. The third-order valence-electron chi connectivity index (χ3n) is 4.50. The average Bonchev–Trinajstić information content (AvgIpc) is 2.67. The van der Waals surface area contributed by atoms with Gasteiger partial charge in [-0.1, -0.05) is 35.3 Å². The van der Waals surface area contributed by atoms with Crippen LogP contribution in [0.1, 0.15) is 11.1 Å². The number of nitrogens with zero attached hydrogens (tertiary/aromatic N) is 2. The van der Waals surface area contributed by atoms with Gasteiger partial charge in [-0.15, -0.1) is 0 Å². The van der Waals surface area contributed by atoms with Crippen LogP contribution in [0.3, 0.4) is 0 Å². The molecule has 28 heavy (non-hydrogen) atoms. The van der Waals surface area contributed by atoms with Crippen LogP contribution in [0.15, 0.2) is 48.5 Å². The maximum absolute atomic E-state index is 12.9. The summed E-state index contributed by atoms with van der Waals surface area (Å²) < 4.78 is 38.6. The molecule has 2 aromatic rings. The number of anilines is 1. The third-order valence-corrected chi connectivity index (χ3v) is 5.06. The van der Waals surface area contributed by atoms with Gasteiger partial charge in [-0.2, -0.15) is 13.2 Å². The molecule has 3 nitrogen and oxygen atoms in total. The molecule has 1 amide bonds. The number of carbonyl (C=O) groups is 1. The summed E-state index contributed by atoms with van der Waals surface area (Å²) in [7, 11) is 0. The Morgan fingerprint density at radius 1 is 1.00 bits per heavy atom. The van der Waals surface area contributed by atoms with E-state index in [0.29, 0.717) is 47.5 Å². The van der Waals surface area contributed by atoms with Crippen LogP contribution < -0.4 is 4.90 Å². The summed E-state index contributed by atoms with van der Waals surface area (Å²) in [6.07, 6.45) is -1.31. The quantitative estimate of drug-likeness (QED) is 0.613. The van der Waals surface area contributed by atoms with Crippen molar-refractivity contribution >= 4 is 40.9 Å². The van der Waals surface area contributed by atoms with Gasteiger partial charge in [0.1, 0.15) is 0 Å². The van der Waals surface area contributed by atoms with Gasteiger partial charge < -0.3 is 9.80 Å². The molecule has 0 spiro atoms. The van der Waals surface area contributed by atoms with E-state index in [9.17, 15) is 18.0 Å². The van der Waals surface area contributed by atoms with Gasteiger partial charge in [0.05, 0.1) is 5.56 Å². The van der Waals surface area contributed by atoms with E-state index in [1.54, 1.807) is 35.2 Å². The monoisotopic (exact) mass is 428 g/mol. The van der Waals surface area contributed by atoms with Crippen LogP contribution in [-0.4, -0.2) is 37.0 Å². The molecule has 148 valence electrons. The van der Waals surface area contributed by atoms with E-state index in [4.69, 9.17) is 23.2 Å². The first-order valence-corrected chi connectivity index (χ1v) is 9.34. The van der Waals surface area contributed by atoms with Gasteiger partial charge in [-0.25, -0.2) is 0 Å². The van der Waals surface area contributed by atoms with Gasteiger partial charge in [-0.05, 0) is 42.0 Å². The number of carbonyl (C=O) groups excluding carboxylic acids is 1. The second-order valence-corrected chi connectivity index (χ2v) is 7.20. The number of alkyl halides is 3. The molecule has 8 heteroatoms. The summed E-state index contributed by atoms with van der Waals surface area (Å²) in [4.78, 5) is 15.9. The first-order valence-electron chi connectivity index (χ1n) is 8.58. The van der Waals surface area contributed by atoms with E-state index in [1.807, 2.05) is 4.90 Å². The summed E-state index contributed by atoms with van der Waals surface area (Å²) in [5, 5.41) is 0.963. The van der Waals surface area contributed by atoms with E-state index >= 15 is 0 Å². The van der Waals surface area contributed by atoms with Gasteiger partial charge in [0, 0.05) is 48.0 Å². The van der Waals surface area contributed by atoms with Crippen molar-refractivity contribution in [3.8, 4) is 0 Å². The number of rotatable bonds is 3. The Morgan fingerprint density at radius 2 is 1.71 bits per heavy atom. The molecular weight excluding hydrogens is 412 g/mol. The SMILES string of the molecule is O=C(/C=C/c1ccc(Cl)cc1Cl)N1CCN(c2cccc(C(F)(F)F)c2)CC1. The van der Waals surface area contributed by atoms with Gasteiger partial charge in [-0.3, -0.25) is 4.79 Å². The van der Waals surface area contributed by atoms with E-state index in [0.717, 1.165) is 12.1 Å². The maximum Gasteiger partial charge on any atom is 0.416 e. The molecule has 2 aromatic carbocycles. The van der Waals surface area contributed by atoms with Crippen molar-refractivity contribution in [1.82, 2.24) is 4.90 Å². The van der Waals surface area contributed by atoms with E-state index in [1.165, 1.54) is 12.1 Å². The lowest BCUT2D eigenvalue weighted by Crippen LogP contribution is -2.48. The minimum absolute atomic E-state index is 0.172. The van der Waals surface area contributed by atoms with Gasteiger partial charge in [0.25, 0.3) is 0 Å². The Labute approximate surface area is 170 Å². The highest BCUT2D eigenvalue weighted by Crippen LogP contribution is 2.32. The molecule has 1 fully saturated rings. The van der Waals surface area contributed by atoms with Crippen molar-refractivity contribution in [3.63, 3.8) is 0 Å². The fourth-order valence-corrected chi connectivity index (χ4v) is 3.44. The second-order valence-electron chi connectivity index (χ2n) is 6.36. The number of hydrogen-bond donors (Lipinski definition) is 0. The van der Waals surface area contributed by atoms with Crippen molar-refractivity contribution in [2.45, 2.75) is 6.18 Å². The fourth-order valence-electron chi connectivity index (χ4n) is 2.97. The summed E-state index contributed by atoms with van der Waals surface area (Å²) in [6.45, 7) is 1.77. The van der Waals surface area contributed by atoms with Crippen molar-refractivity contribution in [2.24, 2.45) is 0 Å². The molecule has 0 aliphatic carbocycles. The molecule has 0 atom stereocenters. The van der Waals surface area contributed by atoms with E-state index < -0.39 is 11.7 Å².